The van der Waals surface area contributed by atoms with E-state index in [1.165, 1.54) is 0 Å². The molecule has 0 radical (unpaired) electrons. The Morgan fingerprint density at radius 2 is 2.08 bits per heavy atom. The number of allylic oxidation sites excluding steroid dienone is 3. The molecule has 0 fully saturated rings. The van der Waals surface area contributed by atoms with Crippen molar-refractivity contribution in [3.05, 3.63) is 24.8 Å². The van der Waals surface area contributed by atoms with Gasteiger partial charge in [-0.1, -0.05) is 32.1 Å². The lowest BCUT2D eigenvalue weighted by atomic mass is 9.93. The summed E-state index contributed by atoms with van der Waals surface area (Å²) < 4.78 is 12.3. The molecular formula is C11H19F. The highest BCUT2D eigenvalue weighted by Crippen LogP contribution is 2.18. The fourth-order valence-corrected chi connectivity index (χ4v) is 0.781. The second kappa shape index (κ2) is 5.13. The van der Waals surface area contributed by atoms with Gasteiger partial charge in [0.2, 0.25) is 0 Å². The minimum atomic E-state index is -0.693. The van der Waals surface area contributed by atoms with Crippen LogP contribution in [0, 0.1) is 5.41 Å². The van der Waals surface area contributed by atoms with Crippen molar-refractivity contribution in [2.24, 2.45) is 5.41 Å². The summed E-state index contributed by atoms with van der Waals surface area (Å²) in [5.74, 6) is 0. The third kappa shape index (κ3) is 6.14. The van der Waals surface area contributed by atoms with Gasteiger partial charge in [-0.3, -0.25) is 0 Å². The molecule has 0 N–H and O–H groups in total. The minimum Gasteiger partial charge on any atom is -0.248 e. The van der Waals surface area contributed by atoms with Crippen LogP contribution in [-0.4, -0.2) is 6.17 Å². The SMILES string of the molecule is C=CC(C)(C)/C=C\CCC(C)F. The van der Waals surface area contributed by atoms with E-state index in [2.05, 4.69) is 26.5 Å². The Morgan fingerprint density at radius 3 is 2.50 bits per heavy atom. The Morgan fingerprint density at radius 1 is 1.50 bits per heavy atom. The summed E-state index contributed by atoms with van der Waals surface area (Å²) in [4.78, 5) is 0. The summed E-state index contributed by atoms with van der Waals surface area (Å²) in [6, 6.07) is 0. The lowest BCUT2D eigenvalue weighted by Gasteiger charge is -2.12. The van der Waals surface area contributed by atoms with Crippen LogP contribution in [0.25, 0.3) is 0 Å². The van der Waals surface area contributed by atoms with E-state index in [0.29, 0.717) is 6.42 Å². The van der Waals surface area contributed by atoms with Crippen LogP contribution in [0.1, 0.15) is 33.6 Å². The van der Waals surface area contributed by atoms with Gasteiger partial charge in [-0.05, 0) is 19.8 Å². The van der Waals surface area contributed by atoms with Gasteiger partial charge in [0, 0.05) is 5.41 Å². The second-order valence-electron chi connectivity index (χ2n) is 3.79. The zero-order chi connectivity index (χ0) is 9.61. The molecule has 0 heterocycles. The van der Waals surface area contributed by atoms with Crippen LogP contribution in [0.5, 0.6) is 0 Å². The highest BCUT2D eigenvalue weighted by atomic mass is 19.1. The van der Waals surface area contributed by atoms with Crippen molar-refractivity contribution >= 4 is 0 Å². The minimum absolute atomic E-state index is 0.0412. The zero-order valence-electron chi connectivity index (χ0n) is 8.31. The molecule has 0 aromatic rings. The van der Waals surface area contributed by atoms with Crippen molar-refractivity contribution in [2.45, 2.75) is 39.8 Å². The fourth-order valence-electron chi connectivity index (χ4n) is 0.781. The van der Waals surface area contributed by atoms with Gasteiger partial charge in [-0.25, -0.2) is 4.39 Å². The summed E-state index contributed by atoms with van der Waals surface area (Å²) in [5, 5.41) is 0. The second-order valence-corrected chi connectivity index (χ2v) is 3.79. The third-order valence-electron chi connectivity index (χ3n) is 1.80. The van der Waals surface area contributed by atoms with E-state index in [-0.39, 0.29) is 5.41 Å². The first-order valence-corrected chi connectivity index (χ1v) is 4.43. The molecule has 1 heteroatoms. The van der Waals surface area contributed by atoms with Crippen molar-refractivity contribution in [3.8, 4) is 0 Å². The van der Waals surface area contributed by atoms with Crippen molar-refractivity contribution in [3.63, 3.8) is 0 Å². The Kier molecular flexibility index (Phi) is 4.87. The Balaban J connectivity index is 3.68. The van der Waals surface area contributed by atoms with E-state index >= 15 is 0 Å². The Hall–Kier alpha value is -0.590. The predicted molar refractivity (Wildman–Crippen MR) is 52.9 cm³/mol. The van der Waals surface area contributed by atoms with E-state index < -0.39 is 6.17 Å². The molecule has 0 spiro atoms. The van der Waals surface area contributed by atoms with Crippen LogP contribution in [0.3, 0.4) is 0 Å². The third-order valence-corrected chi connectivity index (χ3v) is 1.80. The topological polar surface area (TPSA) is 0 Å². The van der Waals surface area contributed by atoms with Gasteiger partial charge in [-0.2, -0.15) is 0 Å². The molecule has 12 heavy (non-hydrogen) atoms. The molecule has 0 saturated carbocycles. The van der Waals surface area contributed by atoms with E-state index in [4.69, 9.17) is 0 Å². The number of hydrogen-bond acceptors (Lipinski definition) is 0. The van der Waals surface area contributed by atoms with Crippen LogP contribution in [0.15, 0.2) is 24.8 Å². The fraction of sp³-hybridized carbons (Fsp3) is 0.636. The van der Waals surface area contributed by atoms with Crippen molar-refractivity contribution in [1.29, 1.82) is 0 Å². The first-order valence-electron chi connectivity index (χ1n) is 4.43. The molecule has 70 valence electrons. The molecular weight excluding hydrogens is 151 g/mol. The Labute approximate surface area is 75.2 Å². The largest absolute Gasteiger partial charge is 0.248 e. The highest BCUT2D eigenvalue weighted by Gasteiger charge is 2.06. The van der Waals surface area contributed by atoms with E-state index in [1.54, 1.807) is 6.92 Å². The normalized spacial score (nSPS) is 15.0. The quantitative estimate of drug-likeness (QED) is 0.549. The molecule has 0 nitrogen and oxygen atoms in total. The van der Waals surface area contributed by atoms with E-state index in [0.717, 1.165) is 6.42 Å². The lowest BCUT2D eigenvalue weighted by Crippen LogP contribution is -2.01. The molecule has 0 amide bonds. The number of rotatable bonds is 5. The predicted octanol–water partition coefficient (Wildman–Crippen LogP) is 3.89. The van der Waals surface area contributed by atoms with E-state index in [9.17, 15) is 4.39 Å². The van der Waals surface area contributed by atoms with E-state index in [1.807, 2.05) is 12.2 Å². The molecule has 0 aromatic heterocycles. The lowest BCUT2D eigenvalue weighted by molar-refractivity contribution is 0.343. The molecule has 0 aliphatic rings. The van der Waals surface area contributed by atoms with Gasteiger partial charge in [0.1, 0.15) is 0 Å². The molecule has 0 saturated heterocycles. The summed E-state index contributed by atoms with van der Waals surface area (Å²) in [6.07, 6.45) is 6.72. The zero-order valence-corrected chi connectivity index (χ0v) is 8.31. The molecule has 0 rings (SSSR count). The Bertz CT molecular complexity index is 154. The first kappa shape index (κ1) is 11.4. The van der Waals surface area contributed by atoms with Crippen LogP contribution in [0.2, 0.25) is 0 Å². The molecule has 0 aliphatic heterocycles. The van der Waals surface area contributed by atoms with Gasteiger partial charge in [0.25, 0.3) is 0 Å². The number of alkyl halides is 1. The first-order chi connectivity index (χ1) is 5.48. The van der Waals surface area contributed by atoms with Crippen molar-refractivity contribution < 1.29 is 4.39 Å². The average Bonchev–Trinajstić information content (AvgIpc) is 1.98. The van der Waals surface area contributed by atoms with Crippen LogP contribution in [-0.2, 0) is 0 Å². The molecule has 1 atom stereocenters. The average molecular weight is 170 g/mol. The summed E-state index contributed by atoms with van der Waals surface area (Å²) >= 11 is 0. The maximum atomic E-state index is 12.3. The van der Waals surface area contributed by atoms with Crippen LogP contribution < -0.4 is 0 Å². The summed E-state index contributed by atoms with van der Waals surface area (Å²) in [7, 11) is 0. The van der Waals surface area contributed by atoms with Crippen molar-refractivity contribution in [1.82, 2.24) is 0 Å². The molecule has 0 aliphatic carbocycles. The summed E-state index contributed by atoms with van der Waals surface area (Å²) in [5.41, 5.74) is 0.0412. The summed E-state index contributed by atoms with van der Waals surface area (Å²) in [6.45, 7) is 9.47. The van der Waals surface area contributed by atoms with Crippen molar-refractivity contribution in [2.75, 3.05) is 0 Å². The van der Waals surface area contributed by atoms with Gasteiger partial charge in [-0.15, -0.1) is 6.58 Å². The van der Waals surface area contributed by atoms with Gasteiger partial charge in [0.05, 0.1) is 6.17 Å². The highest BCUT2D eigenvalue weighted by molar-refractivity contribution is 5.04. The van der Waals surface area contributed by atoms with Gasteiger partial charge < -0.3 is 0 Å². The number of halogens is 1. The molecule has 1 unspecified atom stereocenters. The number of hydrogen-bond donors (Lipinski definition) is 0. The monoisotopic (exact) mass is 170 g/mol. The van der Waals surface area contributed by atoms with Crippen LogP contribution >= 0.6 is 0 Å². The van der Waals surface area contributed by atoms with Crippen LogP contribution in [0.4, 0.5) is 4.39 Å². The van der Waals surface area contributed by atoms with Gasteiger partial charge in [0.15, 0.2) is 0 Å². The smallest absolute Gasteiger partial charge is 0.0976 e. The van der Waals surface area contributed by atoms with Gasteiger partial charge >= 0.3 is 0 Å². The molecule has 0 aromatic carbocycles. The standard InChI is InChI=1S/C11H19F/c1-5-11(3,4)9-7-6-8-10(2)12/h5,7,9-10H,1,6,8H2,2-4H3/b9-7-. The molecule has 0 bridgehead atoms. The maximum Gasteiger partial charge on any atom is 0.0976 e. The maximum absolute atomic E-state index is 12.3.